The Kier molecular flexibility index (Phi) is 7.19. The SMILES string of the molecule is C#CCOc1ccc(CCNC(=O)CNC(=O)c2ccccc2F)cc1. The predicted molar refractivity (Wildman–Crippen MR) is 96.2 cm³/mol. The second-order valence-corrected chi connectivity index (χ2v) is 5.40. The van der Waals surface area contributed by atoms with Crippen LogP contribution in [-0.4, -0.2) is 31.5 Å². The van der Waals surface area contributed by atoms with Gasteiger partial charge in [-0.3, -0.25) is 9.59 Å². The lowest BCUT2D eigenvalue weighted by Crippen LogP contribution is -2.37. The van der Waals surface area contributed by atoms with Crippen molar-refractivity contribution < 1.29 is 18.7 Å². The number of nitrogens with one attached hydrogen (secondary N) is 2. The highest BCUT2D eigenvalue weighted by Crippen LogP contribution is 2.12. The smallest absolute Gasteiger partial charge is 0.254 e. The van der Waals surface area contributed by atoms with Crippen LogP contribution in [0.1, 0.15) is 15.9 Å². The fourth-order valence-electron chi connectivity index (χ4n) is 2.19. The standard InChI is InChI=1S/C20H19FN2O3/c1-2-13-26-16-9-7-15(8-10-16)11-12-22-19(24)14-23-20(25)17-5-3-4-6-18(17)21/h1,3-10H,11-14H2,(H,22,24)(H,23,25). The second kappa shape index (κ2) is 9.84. The van der Waals surface area contributed by atoms with Gasteiger partial charge in [0.05, 0.1) is 12.1 Å². The number of benzene rings is 2. The van der Waals surface area contributed by atoms with E-state index in [1.165, 1.54) is 18.2 Å². The van der Waals surface area contributed by atoms with Crippen molar-refractivity contribution in [3.63, 3.8) is 0 Å². The number of carbonyl (C=O) groups is 2. The van der Waals surface area contributed by atoms with Gasteiger partial charge in [-0.2, -0.15) is 0 Å². The summed E-state index contributed by atoms with van der Waals surface area (Å²) in [5, 5.41) is 5.09. The van der Waals surface area contributed by atoms with Crippen LogP contribution in [0.15, 0.2) is 48.5 Å². The van der Waals surface area contributed by atoms with E-state index in [2.05, 4.69) is 16.6 Å². The first-order valence-corrected chi connectivity index (χ1v) is 8.05. The van der Waals surface area contributed by atoms with Crippen molar-refractivity contribution in [3.05, 3.63) is 65.5 Å². The van der Waals surface area contributed by atoms with Gasteiger partial charge in [-0.05, 0) is 36.2 Å². The second-order valence-electron chi connectivity index (χ2n) is 5.40. The maximum atomic E-state index is 13.5. The molecule has 0 radical (unpaired) electrons. The molecule has 0 unspecified atom stereocenters. The van der Waals surface area contributed by atoms with E-state index in [0.29, 0.717) is 18.7 Å². The van der Waals surface area contributed by atoms with E-state index in [1.54, 1.807) is 6.07 Å². The Bertz CT molecular complexity index is 797. The molecule has 0 saturated carbocycles. The van der Waals surface area contributed by atoms with Gasteiger partial charge in [-0.1, -0.05) is 30.2 Å². The molecule has 2 amide bonds. The molecule has 134 valence electrons. The maximum absolute atomic E-state index is 13.5. The molecule has 0 atom stereocenters. The summed E-state index contributed by atoms with van der Waals surface area (Å²) in [5.74, 6) is 1.48. The van der Waals surface area contributed by atoms with Crippen molar-refractivity contribution in [2.75, 3.05) is 19.7 Å². The Balaban J connectivity index is 1.70. The van der Waals surface area contributed by atoms with Gasteiger partial charge in [0.15, 0.2) is 0 Å². The summed E-state index contributed by atoms with van der Waals surface area (Å²) < 4.78 is 18.8. The summed E-state index contributed by atoms with van der Waals surface area (Å²) in [6.45, 7) is 0.416. The van der Waals surface area contributed by atoms with Gasteiger partial charge in [0.2, 0.25) is 5.91 Å². The van der Waals surface area contributed by atoms with Gasteiger partial charge < -0.3 is 15.4 Å². The largest absolute Gasteiger partial charge is 0.481 e. The fourth-order valence-corrected chi connectivity index (χ4v) is 2.19. The number of halogens is 1. The van der Waals surface area contributed by atoms with Crippen LogP contribution in [-0.2, 0) is 11.2 Å². The first-order valence-electron chi connectivity index (χ1n) is 8.05. The molecule has 5 nitrogen and oxygen atoms in total. The van der Waals surface area contributed by atoms with Crippen LogP contribution in [0.5, 0.6) is 5.75 Å². The van der Waals surface area contributed by atoms with E-state index in [1.807, 2.05) is 24.3 Å². The van der Waals surface area contributed by atoms with Crippen molar-refractivity contribution in [2.24, 2.45) is 0 Å². The third-order valence-electron chi connectivity index (χ3n) is 3.51. The monoisotopic (exact) mass is 354 g/mol. The Morgan fingerprint density at radius 3 is 2.50 bits per heavy atom. The normalized spacial score (nSPS) is 9.85. The van der Waals surface area contributed by atoms with Crippen LogP contribution in [0, 0.1) is 18.2 Å². The van der Waals surface area contributed by atoms with Crippen molar-refractivity contribution in [3.8, 4) is 18.1 Å². The van der Waals surface area contributed by atoms with E-state index in [-0.39, 0.29) is 24.6 Å². The molecular formula is C20H19FN2O3. The first kappa shape index (κ1) is 19.0. The molecule has 0 fully saturated rings. The molecule has 2 aromatic rings. The summed E-state index contributed by atoms with van der Waals surface area (Å²) in [7, 11) is 0. The van der Waals surface area contributed by atoms with E-state index in [4.69, 9.17) is 11.2 Å². The zero-order valence-electron chi connectivity index (χ0n) is 14.1. The van der Waals surface area contributed by atoms with Crippen LogP contribution in [0.2, 0.25) is 0 Å². The lowest BCUT2D eigenvalue weighted by molar-refractivity contribution is -0.120. The van der Waals surface area contributed by atoms with Gasteiger partial charge in [0, 0.05) is 6.54 Å². The summed E-state index contributed by atoms with van der Waals surface area (Å²) in [4.78, 5) is 23.6. The number of terminal acetylenes is 1. The van der Waals surface area contributed by atoms with E-state index >= 15 is 0 Å². The molecule has 0 aliphatic heterocycles. The Hall–Kier alpha value is -3.33. The average molecular weight is 354 g/mol. The lowest BCUT2D eigenvalue weighted by Gasteiger charge is -2.08. The fraction of sp³-hybridized carbons (Fsp3) is 0.200. The molecule has 26 heavy (non-hydrogen) atoms. The summed E-state index contributed by atoms with van der Waals surface area (Å²) >= 11 is 0. The summed E-state index contributed by atoms with van der Waals surface area (Å²) in [5.41, 5.74) is 0.932. The van der Waals surface area contributed by atoms with Crippen LogP contribution >= 0.6 is 0 Å². The highest BCUT2D eigenvalue weighted by Gasteiger charge is 2.11. The molecule has 0 aromatic heterocycles. The topological polar surface area (TPSA) is 67.4 Å². The number of hydrogen-bond acceptors (Lipinski definition) is 3. The summed E-state index contributed by atoms with van der Waals surface area (Å²) in [6.07, 6.45) is 5.75. The number of amides is 2. The van der Waals surface area contributed by atoms with Crippen molar-refractivity contribution >= 4 is 11.8 Å². The quantitative estimate of drug-likeness (QED) is 0.712. The van der Waals surface area contributed by atoms with Crippen LogP contribution < -0.4 is 15.4 Å². The van der Waals surface area contributed by atoms with Crippen molar-refractivity contribution in [1.29, 1.82) is 0 Å². The van der Waals surface area contributed by atoms with Gasteiger partial charge in [0.25, 0.3) is 5.91 Å². The molecule has 0 bridgehead atoms. The van der Waals surface area contributed by atoms with Crippen LogP contribution in [0.4, 0.5) is 4.39 Å². The molecule has 6 heteroatoms. The number of hydrogen-bond donors (Lipinski definition) is 2. The number of rotatable bonds is 8. The Morgan fingerprint density at radius 1 is 1.08 bits per heavy atom. The van der Waals surface area contributed by atoms with E-state index in [9.17, 15) is 14.0 Å². The Morgan fingerprint density at radius 2 is 1.81 bits per heavy atom. The molecular weight excluding hydrogens is 335 g/mol. The summed E-state index contributed by atoms with van der Waals surface area (Å²) in [6, 6.07) is 13.0. The molecule has 0 spiro atoms. The molecule has 0 saturated heterocycles. The van der Waals surface area contributed by atoms with Gasteiger partial charge in [-0.15, -0.1) is 6.42 Å². The highest BCUT2D eigenvalue weighted by molar-refractivity contribution is 5.96. The average Bonchev–Trinajstić information content (AvgIpc) is 2.66. The minimum atomic E-state index is -0.625. The zero-order chi connectivity index (χ0) is 18.8. The van der Waals surface area contributed by atoms with Crippen molar-refractivity contribution in [1.82, 2.24) is 10.6 Å². The lowest BCUT2D eigenvalue weighted by atomic mass is 10.1. The van der Waals surface area contributed by atoms with E-state index in [0.717, 1.165) is 5.56 Å². The highest BCUT2D eigenvalue weighted by atomic mass is 19.1. The molecule has 2 rings (SSSR count). The maximum Gasteiger partial charge on any atom is 0.254 e. The molecule has 0 aliphatic rings. The van der Waals surface area contributed by atoms with Crippen molar-refractivity contribution in [2.45, 2.75) is 6.42 Å². The number of carbonyl (C=O) groups excluding carboxylic acids is 2. The van der Waals surface area contributed by atoms with Gasteiger partial charge >= 0.3 is 0 Å². The van der Waals surface area contributed by atoms with Crippen LogP contribution in [0.3, 0.4) is 0 Å². The minimum Gasteiger partial charge on any atom is -0.481 e. The predicted octanol–water partition coefficient (Wildman–Crippen LogP) is 1.93. The van der Waals surface area contributed by atoms with Crippen LogP contribution in [0.25, 0.3) is 0 Å². The number of ether oxygens (including phenoxy) is 1. The first-order chi connectivity index (χ1) is 12.6. The molecule has 2 aromatic carbocycles. The Labute approximate surface area is 151 Å². The van der Waals surface area contributed by atoms with Gasteiger partial charge in [0.1, 0.15) is 18.2 Å². The van der Waals surface area contributed by atoms with E-state index < -0.39 is 11.7 Å². The molecule has 0 aliphatic carbocycles. The zero-order valence-corrected chi connectivity index (χ0v) is 14.1. The van der Waals surface area contributed by atoms with Gasteiger partial charge in [-0.25, -0.2) is 4.39 Å². The molecule has 2 N–H and O–H groups in total. The minimum absolute atomic E-state index is 0.0903. The third kappa shape index (κ3) is 5.95. The third-order valence-corrected chi connectivity index (χ3v) is 3.51. The molecule has 0 heterocycles.